The molecule has 28 heavy (non-hydrogen) atoms. The van der Waals surface area contributed by atoms with Crippen molar-refractivity contribution < 1.29 is 14.3 Å². The van der Waals surface area contributed by atoms with E-state index in [4.69, 9.17) is 4.74 Å². The van der Waals surface area contributed by atoms with E-state index in [2.05, 4.69) is 65.8 Å². The van der Waals surface area contributed by atoms with Crippen molar-refractivity contribution in [2.75, 3.05) is 6.61 Å². The topological polar surface area (TPSA) is 43.4 Å². The van der Waals surface area contributed by atoms with Gasteiger partial charge < -0.3 is 4.74 Å². The molecule has 1 aromatic rings. The van der Waals surface area contributed by atoms with E-state index in [1.54, 1.807) is 0 Å². The third-order valence-electron chi connectivity index (χ3n) is 5.89. The minimum atomic E-state index is -0.493. The number of ketones is 1. The second kappa shape index (κ2) is 6.72. The summed E-state index contributed by atoms with van der Waals surface area (Å²) in [6, 6.07) is 10.1. The van der Waals surface area contributed by atoms with Crippen molar-refractivity contribution in [3.8, 4) is 0 Å². The quantitative estimate of drug-likeness (QED) is 0.652. The van der Waals surface area contributed by atoms with Crippen molar-refractivity contribution in [1.82, 2.24) is 0 Å². The Bertz CT molecular complexity index is 810. The van der Waals surface area contributed by atoms with Crippen LogP contribution in [0.4, 0.5) is 0 Å². The van der Waals surface area contributed by atoms with Gasteiger partial charge >= 0.3 is 5.97 Å². The molecule has 0 unspecified atom stereocenters. The van der Waals surface area contributed by atoms with Gasteiger partial charge in [-0.05, 0) is 23.3 Å². The zero-order valence-corrected chi connectivity index (χ0v) is 18.1. The first-order valence-electron chi connectivity index (χ1n) is 10.2. The summed E-state index contributed by atoms with van der Waals surface area (Å²) in [5.74, 6) is -0.375. The van der Waals surface area contributed by atoms with Gasteiger partial charge in [-0.3, -0.25) is 9.59 Å². The third-order valence-corrected chi connectivity index (χ3v) is 5.89. The van der Waals surface area contributed by atoms with E-state index < -0.39 is 5.41 Å². The standard InChI is InChI=1S/C25H32O3/c1-8-28-22(27)20-19(16-12-10-9-11-13-16)25(20)14-17(23(2,3)4)21(26)18(15-25)24(5,6)7/h9-15,19-20H,8H2,1-7H3/t19-,20+/m0/s1. The summed E-state index contributed by atoms with van der Waals surface area (Å²) in [6.45, 7) is 14.6. The van der Waals surface area contributed by atoms with Crippen LogP contribution in [0.2, 0.25) is 0 Å². The number of carbonyl (C=O) groups excluding carboxylic acids is 2. The van der Waals surface area contributed by atoms with Gasteiger partial charge in [-0.1, -0.05) is 84.0 Å². The van der Waals surface area contributed by atoms with Crippen LogP contribution >= 0.6 is 0 Å². The smallest absolute Gasteiger partial charge is 0.310 e. The Kier molecular flexibility index (Phi) is 4.94. The molecule has 2 aliphatic rings. The number of Topliss-reactive ketones (excluding diaryl/α,β-unsaturated/α-hetero) is 1. The highest BCUT2D eigenvalue weighted by Crippen LogP contribution is 2.70. The maximum atomic E-state index is 13.3. The number of benzene rings is 1. The predicted molar refractivity (Wildman–Crippen MR) is 112 cm³/mol. The van der Waals surface area contributed by atoms with Crippen LogP contribution in [0.1, 0.15) is 59.9 Å². The lowest BCUT2D eigenvalue weighted by atomic mass is 9.69. The highest BCUT2D eigenvalue weighted by molar-refractivity contribution is 6.11. The molecule has 1 aromatic carbocycles. The summed E-state index contributed by atoms with van der Waals surface area (Å²) in [5, 5.41) is 0. The molecule has 0 amide bonds. The molecule has 0 aliphatic heterocycles. The van der Waals surface area contributed by atoms with Crippen LogP contribution in [0.5, 0.6) is 0 Å². The molecule has 2 atom stereocenters. The Labute approximate surface area is 168 Å². The summed E-state index contributed by atoms with van der Waals surface area (Å²) < 4.78 is 5.43. The highest BCUT2D eigenvalue weighted by Gasteiger charge is 2.68. The van der Waals surface area contributed by atoms with Gasteiger partial charge in [0.1, 0.15) is 0 Å². The molecule has 0 radical (unpaired) electrons. The first-order chi connectivity index (χ1) is 12.9. The van der Waals surface area contributed by atoms with Gasteiger partial charge in [0.05, 0.1) is 12.5 Å². The first kappa shape index (κ1) is 20.6. The number of rotatable bonds is 3. The number of carbonyl (C=O) groups is 2. The normalized spacial score (nSPS) is 23.9. The largest absolute Gasteiger partial charge is 0.466 e. The zero-order valence-electron chi connectivity index (χ0n) is 18.1. The SMILES string of the molecule is CCOC(=O)[C@H]1[C@H](c2ccccc2)C12C=C(C(C)(C)C)C(=O)C(C(C)(C)C)=C2. The number of esters is 1. The van der Waals surface area contributed by atoms with E-state index in [0.29, 0.717) is 6.61 Å². The van der Waals surface area contributed by atoms with Crippen LogP contribution < -0.4 is 0 Å². The van der Waals surface area contributed by atoms with Crippen molar-refractivity contribution in [1.29, 1.82) is 0 Å². The molecule has 3 nitrogen and oxygen atoms in total. The van der Waals surface area contributed by atoms with Crippen LogP contribution in [0.25, 0.3) is 0 Å². The molecule has 3 rings (SSSR count). The van der Waals surface area contributed by atoms with Crippen molar-refractivity contribution in [3.05, 3.63) is 59.2 Å². The Balaban J connectivity index is 2.21. The Morgan fingerprint density at radius 3 is 1.89 bits per heavy atom. The molecule has 0 heterocycles. The fourth-order valence-corrected chi connectivity index (χ4v) is 4.43. The Hall–Kier alpha value is -2.16. The third kappa shape index (κ3) is 3.36. The van der Waals surface area contributed by atoms with Gasteiger partial charge in [-0.2, -0.15) is 0 Å². The second-order valence-electron chi connectivity index (χ2n) is 10.1. The van der Waals surface area contributed by atoms with Gasteiger partial charge in [0, 0.05) is 22.5 Å². The summed E-state index contributed by atoms with van der Waals surface area (Å²) in [4.78, 5) is 26.2. The van der Waals surface area contributed by atoms with E-state index in [1.165, 1.54) is 0 Å². The maximum Gasteiger partial charge on any atom is 0.310 e. The van der Waals surface area contributed by atoms with Gasteiger partial charge in [0.25, 0.3) is 0 Å². The average molecular weight is 381 g/mol. The molecule has 1 spiro atoms. The van der Waals surface area contributed by atoms with E-state index in [0.717, 1.165) is 16.7 Å². The molecule has 150 valence electrons. The van der Waals surface area contributed by atoms with Crippen LogP contribution in [-0.4, -0.2) is 18.4 Å². The fraction of sp³-hybridized carbons (Fsp3) is 0.520. The van der Waals surface area contributed by atoms with Crippen molar-refractivity contribution in [3.63, 3.8) is 0 Å². The summed E-state index contributed by atoms with van der Waals surface area (Å²) in [5.41, 5.74) is 1.63. The van der Waals surface area contributed by atoms with Crippen LogP contribution in [-0.2, 0) is 14.3 Å². The Morgan fingerprint density at radius 2 is 1.46 bits per heavy atom. The molecular weight excluding hydrogens is 348 g/mol. The molecule has 1 fully saturated rings. The first-order valence-corrected chi connectivity index (χ1v) is 10.2. The molecule has 3 heteroatoms. The Morgan fingerprint density at radius 1 is 0.964 bits per heavy atom. The summed E-state index contributed by atoms with van der Waals surface area (Å²) in [7, 11) is 0. The zero-order chi connectivity index (χ0) is 20.9. The molecule has 1 saturated carbocycles. The number of ether oxygens (including phenoxy) is 1. The number of allylic oxidation sites excluding steroid dienone is 4. The van der Waals surface area contributed by atoms with Gasteiger partial charge in [0.15, 0.2) is 5.78 Å². The van der Waals surface area contributed by atoms with Crippen molar-refractivity contribution in [2.24, 2.45) is 22.2 Å². The lowest BCUT2D eigenvalue weighted by Crippen LogP contribution is -2.31. The fourth-order valence-electron chi connectivity index (χ4n) is 4.43. The predicted octanol–water partition coefficient (Wildman–Crippen LogP) is 5.48. The summed E-state index contributed by atoms with van der Waals surface area (Å²) >= 11 is 0. The molecule has 0 bridgehead atoms. The van der Waals surface area contributed by atoms with Crippen LogP contribution in [0, 0.1) is 22.2 Å². The van der Waals surface area contributed by atoms with Crippen molar-refractivity contribution >= 4 is 11.8 Å². The molecule has 0 aromatic heterocycles. The van der Waals surface area contributed by atoms with Crippen molar-refractivity contribution in [2.45, 2.75) is 54.4 Å². The van der Waals surface area contributed by atoms with Crippen LogP contribution in [0.15, 0.2) is 53.6 Å². The molecular formula is C25H32O3. The maximum absolute atomic E-state index is 13.3. The molecule has 0 N–H and O–H groups in total. The van der Waals surface area contributed by atoms with Gasteiger partial charge in [-0.15, -0.1) is 0 Å². The van der Waals surface area contributed by atoms with E-state index >= 15 is 0 Å². The number of hydrogen-bond acceptors (Lipinski definition) is 3. The minimum Gasteiger partial charge on any atom is -0.466 e. The van der Waals surface area contributed by atoms with E-state index in [9.17, 15) is 9.59 Å². The average Bonchev–Trinajstić information content (AvgIpc) is 3.23. The second-order valence-corrected chi connectivity index (χ2v) is 10.1. The lowest BCUT2D eigenvalue weighted by molar-refractivity contribution is -0.145. The highest BCUT2D eigenvalue weighted by atomic mass is 16.5. The minimum absolute atomic E-state index is 0.00412. The van der Waals surface area contributed by atoms with Gasteiger partial charge in [0.2, 0.25) is 0 Å². The van der Waals surface area contributed by atoms with E-state index in [1.807, 2.05) is 25.1 Å². The van der Waals surface area contributed by atoms with Crippen LogP contribution in [0.3, 0.4) is 0 Å². The van der Waals surface area contributed by atoms with Gasteiger partial charge in [-0.25, -0.2) is 0 Å². The van der Waals surface area contributed by atoms with E-state index in [-0.39, 0.29) is 34.4 Å². The molecule has 2 aliphatic carbocycles. The number of hydrogen-bond donors (Lipinski definition) is 0. The molecule has 0 saturated heterocycles. The summed E-state index contributed by atoms with van der Waals surface area (Å²) in [6.07, 6.45) is 4.15. The lowest BCUT2D eigenvalue weighted by Gasteiger charge is -2.34. The monoisotopic (exact) mass is 380 g/mol.